The molecule has 0 heterocycles. The number of rotatable bonds is 9. The summed E-state index contributed by atoms with van der Waals surface area (Å²) in [4.78, 5) is 10.3. The minimum atomic E-state index is -0.895. The number of hydrogen-bond donors (Lipinski definition) is 2. The first-order valence-electron chi connectivity index (χ1n) is 5.35. The largest absolute Gasteiger partial charge is 0.478 e. The van der Waals surface area contributed by atoms with Crippen molar-refractivity contribution in [1.82, 2.24) is 5.32 Å². The molecule has 0 aromatic carbocycles. The summed E-state index contributed by atoms with van der Waals surface area (Å²) in [6.45, 7) is 6.77. The third-order valence-corrected chi connectivity index (χ3v) is 1.84. The first-order valence-corrected chi connectivity index (χ1v) is 5.35. The normalized spacial score (nSPS) is 11.7. The Balaban J connectivity index is 3.27. The zero-order valence-corrected chi connectivity index (χ0v) is 9.58. The first kappa shape index (κ1) is 14.1. The molecule has 0 saturated carbocycles. The summed E-state index contributed by atoms with van der Waals surface area (Å²) in [6, 6.07) is 0. The molecule has 0 aromatic rings. The lowest BCUT2D eigenvalue weighted by atomic mass is 10.3. The highest BCUT2D eigenvalue weighted by atomic mass is 16.5. The maximum absolute atomic E-state index is 10.3. The minimum absolute atomic E-state index is 0.601. The second-order valence-corrected chi connectivity index (χ2v) is 3.47. The van der Waals surface area contributed by atoms with E-state index in [2.05, 4.69) is 12.2 Å². The Morgan fingerprint density at radius 3 is 2.80 bits per heavy atom. The van der Waals surface area contributed by atoms with Crippen LogP contribution in [0.3, 0.4) is 0 Å². The van der Waals surface area contributed by atoms with Crippen LogP contribution in [0.25, 0.3) is 0 Å². The molecule has 0 aromatic heterocycles. The van der Waals surface area contributed by atoms with E-state index in [9.17, 15) is 4.79 Å². The van der Waals surface area contributed by atoms with Crippen LogP contribution in [0.15, 0.2) is 11.6 Å². The fourth-order valence-corrected chi connectivity index (χ4v) is 1.04. The predicted molar refractivity (Wildman–Crippen MR) is 60.0 cm³/mol. The van der Waals surface area contributed by atoms with Crippen LogP contribution in [-0.2, 0) is 9.53 Å². The number of carbonyl (C=O) groups is 1. The van der Waals surface area contributed by atoms with Gasteiger partial charge in [0, 0.05) is 25.8 Å². The lowest BCUT2D eigenvalue weighted by molar-refractivity contribution is -0.131. The second-order valence-electron chi connectivity index (χ2n) is 3.47. The van der Waals surface area contributed by atoms with Gasteiger partial charge in [-0.25, -0.2) is 4.79 Å². The highest BCUT2D eigenvalue weighted by molar-refractivity contribution is 5.80. The second kappa shape index (κ2) is 9.68. The zero-order chi connectivity index (χ0) is 11.5. The molecular formula is C11H21NO3. The fourth-order valence-electron chi connectivity index (χ4n) is 1.04. The Morgan fingerprint density at radius 2 is 2.20 bits per heavy atom. The van der Waals surface area contributed by atoms with Crippen LogP contribution in [-0.4, -0.2) is 37.4 Å². The number of nitrogens with one attached hydrogen (secondary N) is 1. The van der Waals surface area contributed by atoms with E-state index in [0.29, 0.717) is 13.2 Å². The maximum Gasteiger partial charge on any atom is 0.328 e. The van der Waals surface area contributed by atoms with E-state index in [1.807, 2.05) is 0 Å². The summed E-state index contributed by atoms with van der Waals surface area (Å²) in [5.74, 6) is -0.895. The fraction of sp³-hybridized carbons (Fsp3) is 0.727. The molecule has 88 valence electrons. The van der Waals surface area contributed by atoms with Crippen LogP contribution in [0, 0.1) is 0 Å². The molecule has 0 saturated heterocycles. The van der Waals surface area contributed by atoms with Gasteiger partial charge in [-0.05, 0) is 13.3 Å². The molecule has 2 N–H and O–H groups in total. The third-order valence-electron chi connectivity index (χ3n) is 1.84. The van der Waals surface area contributed by atoms with Crippen molar-refractivity contribution in [2.45, 2.75) is 26.7 Å². The highest BCUT2D eigenvalue weighted by Crippen LogP contribution is 1.89. The molecule has 0 radical (unpaired) electrons. The summed E-state index contributed by atoms with van der Waals surface area (Å²) in [5, 5.41) is 11.6. The van der Waals surface area contributed by atoms with Crippen LogP contribution >= 0.6 is 0 Å². The Bertz CT molecular complexity index is 202. The molecule has 15 heavy (non-hydrogen) atoms. The summed E-state index contributed by atoms with van der Waals surface area (Å²) < 4.78 is 5.34. The van der Waals surface area contributed by atoms with Crippen molar-refractivity contribution in [1.29, 1.82) is 0 Å². The number of aliphatic carboxylic acids is 1. The average Bonchev–Trinajstić information content (AvgIpc) is 2.15. The van der Waals surface area contributed by atoms with E-state index in [1.165, 1.54) is 6.08 Å². The van der Waals surface area contributed by atoms with Crippen LogP contribution < -0.4 is 5.32 Å². The van der Waals surface area contributed by atoms with Crippen molar-refractivity contribution in [2.75, 3.05) is 26.3 Å². The summed E-state index contributed by atoms with van der Waals surface area (Å²) in [5.41, 5.74) is 0.816. The van der Waals surface area contributed by atoms with E-state index in [1.54, 1.807) is 6.92 Å². The topological polar surface area (TPSA) is 58.6 Å². The molecule has 0 rings (SSSR count). The Hall–Kier alpha value is -0.870. The standard InChI is InChI=1S/C11H21NO3/c1-3-4-6-15-7-5-12-9-10(2)8-11(13)14/h8,12H,3-7,9H2,1-2H3,(H,13,14). The van der Waals surface area contributed by atoms with Gasteiger partial charge in [0.1, 0.15) is 0 Å². The van der Waals surface area contributed by atoms with Crippen molar-refractivity contribution in [3.63, 3.8) is 0 Å². The van der Waals surface area contributed by atoms with Crippen LogP contribution in [0.1, 0.15) is 26.7 Å². The summed E-state index contributed by atoms with van der Waals surface area (Å²) >= 11 is 0. The van der Waals surface area contributed by atoms with Gasteiger partial charge < -0.3 is 15.2 Å². The zero-order valence-electron chi connectivity index (χ0n) is 9.58. The number of carboxylic acids is 1. The van der Waals surface area contributed by atoms with Crippen molar-refractivity contribution in [3.8, 4) is 0 Å². The molecule has 0 aliphatic carbocycles. The Labute approximate surface area is 91.3 Å². The molecule has 0 aliphatic rings. The van der Waals surface area contributed by atoms with Gasteiger partial charge in [0.15, 0.2) is 0 Å². The molecule has 0 atom stereocenters. The smallest absolute Gasteiger partial charge is 0.328 e. The molecule has 0 fully saturated rings. The van der Waals surface area contributed by atoms with Gasteiger partial charge in [0.2, 0.25) is 0 Å². The number of carboxylic acid groups (broad SMARTS) is 1. The number of unbranched alkanes of at least 4 members (excludes halogenated alkanes) is 1. The predicted octanol–water partition coefficient (Wildman–Crippen LogP) is 1.42. The molecule has 0 aliphatic heterocycles. The summed E-state index contributed by atoms with van der Waals surface area (Å²) in [6.07, 6.45) is 3.46. The van der Waals surface area contributed by atoms with Gasteiger partial charge in [-0.1, -0.05) is 18.9 Å². The minimum Gasteiger partial charge on any atom is -0.478 e. The average molecular weight is 215 g/mol. The number of ether oxygens (including phenoxy) is 1. The van der Waals surface area contributed by atoms with E-state index >= 15 is 0 Å². The van der Waals surface area contributed by atoms with Crippen LogP contribution in [0.4, 0.5) is 0 Å². The summed E-state index contributed by atoms with van der Waals surface area (Å²) in [7, 11) is 0. The molecule has 4 heteroatoms. The van der Waals surface area contributed by atoms with Crippen molar-refractivity contribution in [3.05, 3.63) is 11.6 Å². The molecule has 0 amide bonds. The SMILES string of the molecule is CCCCOCCNCC(C)=CC(=O)O. The highest BCUT2D eigenvalue weighted by Gasteiger charge is 1.94. The van der Waals surface area contributed by atoms with Gasteiger partial charge in [0.05, 0.1) is 6.61 Å². The van der Waals surface area contributed by atoms with Gasteiger partial charge in [0.25, 0.3) is 0 Å². The first-order chi connectivity index (χ1) is 7.16. The van der Waals surface area contributed by atoms with E-state index < -0.39 is 5.97 Å². The third kappa shape index (κ3) is 11.1. The van der Waals surface area contributed by atoms with Gasteiger partial charge in [-0.3, -0.25) is 0 Å². The Morgan fingerprint density at radius 1 is 1.47 bits per heavy atom. The monoisotopic (exact) mass is 215 g/mol. The molecule has 0 unspecified atom stereocenters. The van der Waals surface area contributed by atoms with Gasteiger partial charge in [-0.2, -0.15) is 0 Å². The molecule has 4 nitrogen and oxygen atoms in total. The van der Waals surface area contributed by atoms with Crippen molar-refractivity contribution >= 4 is 5.97 Å². The lowest BCUT2D eigenvalue weighted by Crippen LogP contribution is -2.22. The lowest BCUT2D eigenvalue weighted by Gasteiger charge is -2.05. The Kier molecular flexibility index (Phi) is 9.11. The van der Waals surface area contributed by atoms with E-state index in [-0.39, 0.29) is 0 Å². The molecular weight excluding hydrogens is 194 g/mol. The van der Waals surface area contributed by atoms with Gasteiger partial charge >= 0.3 is 5.97 Å². The van der Waals surface area contributed by atoms with Crippen molar-refractivity contribution in [2.24, 2.45) is 0 Å². The maximum atomic E-state index is 10.3. The quantitative estimate of drug-likeness (QED) is 0.451. The number of hydrogen-bond acceptors (Lipinski definition) is 3. The van der Waals surface area contributed by atoms with Crippen LogP contribution in [0.5, 0.6) is 0 Å². The molecule has 0 spiro atoms. The van der Waals surface area contributed by atoms with E-state index in [4.69, 9.17) is 9.84 Å². The van der Waals surface area contributed by atoms with Gasteiger partial charge in [-0.15, -0.1) is 0 Å². The van der Waals surface area contributed by atoms with E-state index in [0.717, 1.165) is 31.6 Å². The molecule has 0 bridgehead atoms. The van der Waals surface area contributed by atoms with Crippen LogP contribution in [0.2, 0.25) is 0 Å². The van der Waals surface area contributed by atoms with Crippen molar-refractivity contribution < 1.29 is 14.6 Å².